The normalized spacial score (nSPS) is 16.7. The largest absolute Gasteiger partial charge is 2.00 e. The zero-order valence-electron chi connectivity index (χ0n) is 23.5. The molecule has 9 heteroatoms. The molecule has 3 rings (SSSR count). The maximum atomic E-state index is 10.2. The summed E-state index contributed by atoms with van der Waals surface area (Å²) in [5.74, 6) is -0.845. The predicted molar refractivity (Wildman–Crippen MR) is 147 cm³/mol. The summed E-state index contributed by atoms with van der Waals surface area (Å²) in [4.78, 5) is 27.4. The van der Waals surface area contributed by atoms with Crippen molar-refractivity contribution in [1.29, 1.82) is 0 Å². The van der Waals surface area contributed by atoms with Crippen molar-refractivity contribution >= 4 is 24.4 Å². The van der Waals surface area contributed by atoms with Crippen LogP contribution >= 0.6 is 0 Å². The smallest absolute Gasteiger partial charge is 0.550 e. The second-order valence-corrected chi connectivity index (χ2v) is 9.90. The number of rotatable bonds is 6. The van der Waals surface area contributed by atoms with Gasteiger partial charge in [-0.15, -0.1) is 0 Å². The van der Waals surface area contributed by atoms with Crippen LogP contribution in [0.4, 0.5) is 0 Å². The van der Waals surface area contributed by atoms with Gasteiger partial charge in [0.05, 0.1) is 12.1 Å². The van der Waals surface area contributed by atoms with Crippen molar-refractivity contribution in [2.45, 2.75) is 91.1 Å². The molecule has 0 amide bonds. The Labute approximate surface area is 242 Å². The van der Waals surface area contributed by atoms with E-state index >= 15 is 0 Å². The molecule has 215 valence electrons. The van der Waals surface area contributed by atoms with Gasteiger partial charge in [-0.3, -0.25) is 9.98 Å². The van der Waals surface area contributed by atoms with Gasteiger partial charge in [0, 0.05) is 35.5 Å². The Morgan fingerprint density at radius 3 is 1.36 bits per heavy atom. The quantitative estimate of drug-likeness (QED) is 0.496. The third kappa shape index (κ3) is 14.0. The van der Waals surface area contributed by atoms with Gasteiger partial charge in [0.1, 0.15) is 11.5 Å². The number of phenols is 2. The number of hydrogen-bond acceptors (Lipinski definition) is 8. The molecular weight excluding hydrogens is 543 g/mol. The second-order valence-electron chi connectivity index (χ2n) is 9.90. The van der Waals surface area contributed by atoms with Gasteiger partial charge >= 0.3 is 16.8 Å². The number of nitrogens with zero attached hydrogens (tertiary/aromatic N) is 2. The number of carboxylic acid groups (broad SMARTS) is 2. The summed E-state index contributed by atoms with van der Waals surface area (Å²) < 4.78 is 0. The maximum absolute atomic E-state index is 10.2. The Balaban J connectivity index is 0.00000142. The first kappa shape index (κ1) is 35.8. The SMILES string of the molecule is CC(=O)[O-].CC(=O)[O-].CC(C)c1ccc(O)c(C=NC2CCCCC2N=Cc2cc(C(C)C)ccc2O)c1.[Co+2]. The zero-order chi connectivity index (χ0) is 28.8. The molecule has 0 bridgehead atoms. The number of carboxylic acids is 2. The molecule has 2 unspecified atom stereocenters. The van der Waals surface area contributed by atoms with Crippen molar-refractivity contribution in [3.63, 3.8) is 0 Å². The first-order chi connectivity index (χ1) is 17.8. The number of aromatic hydroxyl groups is 2. The maximum Gasteiger partial charge on any atom is 2.00 e. The van der Waals surface area contributed by atoms with Crippen molar-refractivity contribution in [3.05, 3.63) is 58.7 Å². The van der Waals surface area contributed by atoms with E-state index in [1.54, 1.807) is 24.6 Å². The molecule has 0 spiro atoms. The van der Waals surface area contributed by atoms with E-state index in [2.05, 4.69) is 27.7 Å². The van der Waals surface area contributed by atoms with Crippen LogP contribution in [0, 0.1) is 0 Å². The molecule has 0 heterocycles. The minimum absolute atomic E-state index is 0. The summed E-state index contributed by atoms with van der Waals surface area (Å²) in [6.07, 6.45) is 7.86. The molecule has 2 aromatic carbocycles. The molecule has 0 saturated heterocycles. The van der Waals surface area contributed by atoms with E-state index in [0.717, 1.165) is 50.7 Å². The fraction of sp³-hybridized carbons (Fsp3) is 0.467. The molecule has 2 atom stereocenters. The van der Waals surface area contributed by atoms with Crippen LogP contribution < -0.4 is 10.2 Å². The van der Waals surface area contributed by atoms with Crippen molar-refractivity contribution in [1.82, 2.24) is 0 Å². The first-order valence-electron chi connectivity index (χ1n) is 12.9. The van der Waals surface area contributed by atoms with Crippen molar-refractivity contribution < 1.29 is 46.8 Å². The summed E-state index contributed by atoms with van der Waals surface area (Å²) in [6.45, 7) is 10.5. The van der Waals surface area contributed by atoms with Crippen LogP contribution in [-0.4, -0.2) is 46.7 Å². The minimum atomic E-state index is -1.08. The van der Waals surface area contributed by atoms with Gasteiger partial charge < -0.3 is 30.0 Å². The molecule has 1 saturated carbocycles. The topological polar surface area (TPSA) is 145 Å². The summed E-state index contributed by atoms with van der Waals surface area (Å²) >= 11 is 0. The third-order valence-electron chi connectivity index (χ3n) is 5.94. The molecule has 1 aliphatic carbocycles. The van der Waals surface area contributed by atoms with Gasteiger partial charge in [-0.2, -0.15) is 0 Å². The van der Waals surface area contributed by atoms with Crippen molar-refractivity contribution in [2.75, 3.05) is 0 Å². The van der Waals surface area contributed by atoms with Gasteiger partial charge in [0.2, 0.25) is 0 Å². The molecule has 1 radical (unpaired) electrons. The van der Waals surface area contributed by atoms with Crippen LogP contribution in [0.2, 0.25) is 0 Å². The average molecular weight is 584 g/mol. The van der Waals surface area contributed by atoms with Crippen LogP contribution in [0.5, 0.6) is 11.5 Å². The predicted octanol–water partition coefficient (Wildman–Crippen LogP) is 3.70. The second kappa shape index (κ2) is 18.2. The van der Waals surface area contributed by atoms with Gasteiger partial charge in [0.15, 0.2) is 0 Å². The van der Waals surface area contributed by atoms with Gasteiger partial charge in [-0.1, -0.05) is 52.7 Å². The molecule has 0 aromatic heterocycles. The van der Waals surface area contributed by atoms with E-state index in [-0.39, 0.29) is 40.4 Å². The summed E-state index contributed by atoms with van der Waals surface area (Å²) in [6, 6.07) is 11.6. The van der Waals surface area contributed by atoms with E-state index in [9.17, 15) is 10.2 Å². The molecule has 0 aliphatic heterocycles. The fourth-order valence-electron chi connectivity index (χ4n) is 3.86. The molecule has 1 fully saturated rings. The van der Waals surface area contributed by atoms with E-state index < -0.39 is 11.9 Å². The number of carbonyl (C=O) groups is 2. The van der Waals surface area contributed by atoms with Crippen molar-refractivity contribution in [3.8, 4) is 11.5 Å². The Kier molecular flexibility index (Phi) is 16.7. The molecule has 2 aromatic rings. The number of carbonyl (C=O) groups excluding carboxylic acids is 2. The molecule has 1 aliphatic rings. The summed E-state index contributed by atoms with van der Waals surface area (Å²) in [7, 11) is 0. The number of aliphatic carboxylic acids is 2. The van der Waals surface area contributed by atoms with Gasteiger partial charge in [0.25, 0.3) is 0 Å². The number of phenolic OH excluding ortho intramolecular Hbond substituents is 2. The number of hydrogen-bond donors (Lipinski definition) is 2. The fourth-order valence-corrected chi connectivity index (χ4v) is 3.86. The van der Waals surface area contributed by atoms with Crippen LogP contribution in [-0.2, 0) is 26.4 Å². The molecular formula is C30H40CoN2O6. The Morgan fingerprint density at radius 2 is 1.08 bits per heavy atom. The number of aliphatic imine (C=N–C) groups is 2. The molecule has 39 heavy (non-hydrogen) atoms. The van der Waals surface area contributed by atoms with E-state index in [4.69, 9.17) is 29.8 Å². The molecule has 2 N–H and O–H groups in total. The van der Waals surface area contributed by atoms with Gasteiger partial charge in [-0.25, -0.2) is 0 Å². The summed E-state index contributed by atoms with van der Waals surface area (Å²) in [5, 5.41) is 38.2. The van der Waals surface area contributed by atoms with Crippen LogP contribution in [0.1, 0.15) is 101 Å². The average Bonchev–Trinajstić information content (AvgIpc) is 2.82. The number of benzene rings is 2. The Bertz CT molecular complexity index is 1020. The van der Waals surface area contributed by atoms with Crippen LogP contribution in [0.15, 0.2) is 46.4 Å². The minimum Gasteiger partial charge on any atom is -0.550 e. The third-order valence-corrected chi connectivity index (χ3v) is 5.94. The van der Waals surface area contributed by atoms with Crippen molar-refractivity contribution in [2.24, 2.45) is 9.98 Å². The summed E-state index contributed by atoms with van der Waals surface area (Å²) in [5.41, 5.74) is 3.90. The Hall–Kier alpha value is -3.17. The van der Waals surface area contributed by atoms with E-state index in [0.29, 0.717) is 11.8 Å². The molecule has 8 nitrogen and oxygen atoms in total. The standard InChI is InChI=1S/C26H34N2O2.2C2H4O2.Co/c1-17(2)19-9-11-25(29)21(13-19)15-27-23-7-5-6-8-24(23)28-16-22-14-20(18(3)4)10-12-26(22)30;2*1-2(3)4;/h9-18,23-24,29-30H,5-8H2,1-4H3;2*1H3,(H,3,4);/q;;;+2/p-2. The first-order valence-corrected chi connectivity index (χ1v) is 12.9. The monoisotopic (exact) mass is 583 g/mol. The van der Waals surface area contributed by atoms with Crippen LogP contribution in [0.3, 0.4) is 0 Å². The van der Waals surface area contributed by atoms with Crippen LogP contribution in [0.25, 0.3) is 0 Å². The Morgan fingerprint density at radius 1 is 0.769 bits per heavy atom. The zero-order valence-corrected chi connectivity index (χ0v) is 24.6. The van der Waals surface area contributed by atoms with Gasteiger partial charge in [-0.05, 0) is 73.9 Å². The van der Waals surface area contributed by atoms with E-state index in [1.165, 1.54) is 11.1 Å². The van der Waals surface area contributed by atoms with E-state index in [1.807, 2.05) is 24.3 Å².